The molecule has 0 spiro atoms. The van der Waals surface area contributed by atoms with Crippen LogP contribution in [0.2, 0.25) is 0 Å². The third kappa shape index (κ3) is 4.75. The number of anilines is 2. The van der Waals surface area contributed by atoms with Crippen molar-refractivity contribution in [3.63, 3.8) is 0 Å². The first-order chi connectivity index (χ1) is 7.45. The number of rotatable bonds is 2. The Balaban J connectivity index is 0.000000711. The van der Waals surface area contributed by atoms with Crippen LogP contribution >= 0.6 is 12.4 Å². The number of aromatic nitrogens is 2. The smallest absolute Gasteiger partial charge is 0.0571 e. The first-order valence-corrected chi connectivity index (χ1v) is 5.02. The predicted molar refractivity (Wildman–Crippen MR) is 70.4 cm³/mol. The SMILES string of the molecule is CC.Cl.c1cncc(Nc2cccnc2)c1. The zero-order valence-corrected chi connectivity index (χ0v) is 10.2. The third-order valence-corrected chi connectivity index (χ3v) is 1.61. The lowest BCUT2D eigenvalue weighted by Gasteiger charge is -2.03. The number of hydrogen-bond donors (Lipinski definition) is 1. The summed E-state index contributed by atoms with van der Waals surface area (Å²) in [7, 11) is 0. The van der Waals surface area contributed by atoms with Gasteiger partial charge in [-0.3, -0.25) is 9.97 Å². The van der Waals surface area contributed by atoms with E-state index in [0.717, 1.165) is 11.4 Å². The summed E-state index contributed by atoms with van der Waals surface area (Å²) in [6.45, 7) is 4.00. The van der Waals surface area contributed by atoms with Crippen LogP contribution in [0.25, 0.3) is 0 Å². The summed E-state index contributed by atoms with van der Waals surface area (Å²) in [6.07, 6.45) is 7.03. The molecular weight excluding hydrogens is 222 g/mol. The quantitative estimate of drug-likeness (QED) is 0.866. The molecule has 2 heterocycles. The van der Waals surface area contributed by atoms with E-state index in [4.69, 9.17) is 0 Å². The van der Waals surface area contributed by atoms with Crippen LogP contribution in [-0.4, -0.2) is 9.97 Å². The molecule has 0 fully saturated rings. The lowest BCUT2D eigenvalue weighted by atomic mass is 10.3. The number of nitrogens with zero attached hydrogens (tertiary/aromatic N) is 2. The van der Waals surface area contributed by atoms with E-state index in [1.807, 2.05) is 38.1 Å². The average molecular weight is 238 g/mol. The van der Waals surface area contributed by atoms with Crippen molar-refractivity contribution in [3.8, 4) is 0 Å². The maximum atomic E-state index is 4.00. The summed E-state index contributed by atoms with van der Waals surface area (Å²) >= 11 is 0. The molecule has 0 aliphatic heterocycles. The van der Waals surface area contributed by atoms with Gasteiger partial charge in [0.25, 0.3) is 0 Å². The van der Waals surface area contributed by atoms with Crippen molar-refractivity contribution in [3.05, 3.63) is 49.1 Å². The van der Waals surface area contributed by atoms with Crippen LogP contribution in [0.15, 0.2) is 49.1 Å². The van der Waals surface area contributed by atoms with Crippen LogP contribution < -0.4 is 5.32 Å². The maximum absolute atomic E-state index is 4.00. The zero-order valence-electron chi connectivity index (χ0n) is 9.42. The molecule has 4 heteroatoms. The summed E-state index contributed by atoms with van der Waals surface area (Å²) in [5.41, 5.74) is 1.94. The van der Waals surface area contributed by atoms with E-state index >= 15 is 0 Å². The Morgan fingerprint density at radius 2 is 1.31 bits per heavy atom. The van der Waals surface area contributed by atoms with Crippen molar-refractivity contribution < 1.29 is 0 Å². The highest BCUT2D eigenvalue weighted by atomic mass is 35.5. The van der Waals surface area contributed by atoms with Crippen molar-refractivity contribution in [1.82, 2.24) is 9.97 Å². The second-order valence-electron chi connectivity index (χ2n) is 2.61. The number of pyridine rings is 2. The van der Waals surface area contributed by atoms with E-state index in [2.05, 4.69) is 15.3 Å². The molecule has 0 aliphatic carbocycles. The van der Waals surface area contributed by atoms with Crippen molar-refractivity contribution in [1.29, 1.82) is 0 Å². The highest BCUT2D eigenvalue weighted by molar-refractivity contribution is 5.85. The van der Waals surface area contributed by atoms with E-state index in [9.17, 15) is 0 Å². The second kappa shape index (κ2) is 8.68. The van der Waals surface area contributed by atoms with Gasteiger partial charge in [-0.2, -0.15) is 0 Å². The molecule has 0 bridgehead atoms. The molecule has 0 unspecified atom stereocenters. The van der Waals surface area contributed by atoms with E-state index in [-0.39, 0.29) is 12.4 Å². The highest BCUT2D eigenvalue weighted by Gasteiger charge is 1.91. The fraction of sp³-hybridized carbons (Fsp3) is 0.167. The molecular formula is C12H16ClN3. The van der Waals surface area contributed by atoms with Crippen LogP contribution in [0.3, 0.4) is 0 Å². The van der Waals surface area contributed by atoms with Crippen molar-refractivity contribution in [2.75, 3.05) is 5.32 Å². The summed E-state index contributed by atoms with van der Waals surface area (Å²) in [5.74, 6) is 0. The minimum Gasteiger partial charge on any atom is -0.353 e. The van der Waals surface area contributed by atoms with Gasteiger partial charge in [0.05, 0.1) is 23.8 Å². The van der Waals surface area contributed by atoms with Gasteiger partial charge in [0.1, 0.15) is 0 Å². The molecule has 0 amide bonds. The first kappa shape index (κ1) is 14.4. The molecule has 1 N–H and O–H groups in total. The van der Waals surface area contributed by atoms with Crippen LogP contribution in [0.5, 0.6) is 0 Å². The van der Waals surface area contributed by atoms with Crippen molar-refractivity contribution in [2.45, 2.75) is 13.8 Å². The summed E-state index contributed by atoms with van der Waals surface area (Å²) in [5, 5.41) is 3.18. The first-order valence-electron chi connectivity index (χ1n) is 5.02. The van der Waals surface area contributed by atoms with Gasteiger partial charge in [-0.25, -0.2) is 0 Å². The molecule has 0 aliphatic rings. The van der Waals surface area contributed by atoms with Gasteiger partial charge in [-0.15, -0.1) is 12.4 Å². The normalized spacial score (nSPS) is 8.12. The van der Waals surface area contributed by atoms with Crippen LogP contribution in [0.1, 0.15) is 13.8 Å². The van der Waals surface area contributed by atoms with E-state index < -0.39 is 0 Å². The van der Waals surface area contributed by atoms with Gasteiger partial charge in [-0.05, 0) is 24.3 Å². The van der Waals surface area contributed by atoms with Gasteiger partial charge in [0.15, 0.2) is 0 Å². The molecule has 0 saturated carbocycles. The molecule has 0 aromatic carbocycles. The minimum atomic E-state index is 0. The molecule has 2 aromatic heterocycles. The van der Waals surface area contributed by atoms with Gasteiger partial charge in [0, 0.05) is 12.4 Å². The number of nitrogens with one attached hydrogen (secondary N) is 1. The predicted octanol–water partition coefficient (Wildman–Crippen LogP) is 3.67. The van der Waals surface area contributed by atoms with Gasteiger partial charge in [0.2, 0.25) is 0 Å². The highest BCUT2D eigenvalue weighted by Crippen LogP contribution is 2.12. The zero-order chi connectivity index (χ0) is 10.9. The van der Waals surface area contributed by atoms with Crippen LogP contribution in [0.4, 0.5) is 11.4 Å². The summed E-state index contributed by atoms with van der Waals surface area (Å²) in [4.78, 5) is 8.00. The standard InChI is InChI=1S/C10H9N3.C2H6.ClH/c1-3-9(7-11-5-1)13-10-4-2-6-12-8-10;1-2;/h1-8,13H;1-2H3;1H. The van der Waals surface area contributed by atoms with Gasteiger partial charge in [-0.1, -0.05) is 13.8 Å². The van der Waals surface area contributed by atoms with Crippen LogP contribution in [-0.2, 0) is 0 Å². The Kier molecular flexibility index (Phi) is 7.81. The molecule has 0 radical (unpaired) electrons. The van der Waals surface area contributed by atoms with Gasteiger partial charge < -0.3 is 5.32 Å². The van der Waals surface area contributed by atoms with Crippen molar-refractivity contribution in [2.24, 2.45) is 0 Å². The van der Waals surface area contributed by atoms with Crippen molar-refractivity contribution >= 4 is 23.8 Å². The molecule has 3 nitrogen and oxygen atoms in total. The summed E-state index contributed by atoms with van der Waals surface area (Å²) < 4.78 is 0. The Labute approximate surface area is 102 Å². The van der Waals surface area contributed by atoms with Crippen LogP contribution in [0, 0.1) is 0 Å². The Hall–Kier alpha value is -1.61. The van der Waals surface area contributed by atoms with E-state index in [1.165, 1.54) is 0 Å². The Bertz CT molecular complexity index is 327. The number of hydrogen-bond acceptors (Lipinski definition) is 3. The molecule has 0 saturated heterocycles. The second-order valence-corrected chi connectivity index (χ2v) is 2.61. The summed E-state index contributed by atoms with van der Waals surface area (Å²) in [6, 6.07) is 7.69. The molecule has 2 rings (SSSR count). The fourth-order valence-electron chi connectivity index (χ4n) is 1.04. The average Bonchev–Trinajstić information content (AvgIpc) is 2.34. The number of halogens is 1. The minimum absolute atomic E-state index is 0. The lowest BCUT2D eigenvalue weighted by molar-refractivity contribution is 1.30. The Morgan fingerprint density at radius 1 is 0.875 bits per heavy atom. The molecule has 2 aromatic rings. The fourth-order valence-corrected chi connectivity index (χ4v) is 1.04. The topological polar surface area (TPSA) is 37.8 Å². The molecule has 86 valence electrons. The van der Waals surface area contributed by atoms with E-state index in [0.29, 0.717) is 0 Å². The molecule has 16 heavy (non-hydrogen) atoms. The van der Waals surface area contributed by atoms with Gasteiger partial charge >= 0.3 is 0 Å². The maximum Gasteiger partial charge on any atom is 0.0571 e. The monoisotopic (exact) mass is 237 g/mol. The Morgan fingerprint density at radius 3 is 1.62 bits per heavy atom. The third-order valence-electron chi connectivity index (χ3n) is 1.61. The van der Waals surface area contributed by atoms with E-state index in [1.54, 1.807) is 24.8 Å². The largest absolute Gasteiger partial charge is 0.353 e. The lowest BCUT2D eigenvalue weighted by Crippen LogP contribution is -1.90. The molecule has 0 atom stereocenters.